The van der Waals surface area contributed by atoms with Crippen LogP contribution >= 0.6 is 11.8 Å². The summed E-state index contributed by atoms with van der Waals surface area (Å²) in [6, 6.07) is 9.18. The molecule has 1 saturated heterocycles. The molecule has 2 unspecified atom stereocenters. The zero-order chi connectivity index (χ0) is 25.0. The molecule has 1 saturated carbocycles. The summed E-state index contributed by atoms with van der Waals surface area (Å²) >= 11 is 1.40. The molecule has 4 aromatic rings. The van der Waals surface area contributed by atoms with Crippen LogP contribution in [0, 0.1) is 17.7 Å². The number of benzene rings is 2. The summed E-state index contributed by atoms with van der Waals surface area (Å²) in [4.78, 5) is 16.4. The second-order valence-corrected chi connectivity index (χ2v) is 10.6. The Morgan fingerprint density at radius 3 is 2.58 bits per heavy atom. The number of phenols is 1. The molecule has 1 aliphatic carbocycles. The van der Waals surface area contributed by atoms with E-state index in [-0.39, 0.29) is 17.0 Å². The SMILES string of the molecule is CCc1cccc2cc(O)cc(-c3nc(OC)c4c(N5CC6CCC(C6)C5)nc(SC)nc4c3F)c12. The second-order valence-electron chi connectivity index (χ2n) is 9.85. The molecule has 3 heterocycles. The van der Waals surface area contributed by atoms with Crippen LogP contribution < -0.4 is 9.64 Å². The number of aryl methyl sites for hydroxylation is 1. The number of nitrogens with zero attached hydrogens (tertiary/aromatic N) is 4. The van der Waals surface area contributed by atoms with E-state index in [0.29, 0.717) is 39.6 Å². The van der Waals surface area contributed by atoms with Crippen LogP contribution in [0.15, 0.2) is 35.5 Å². The van der Waals surface area contributed by atoms with Crippen molar-refractivity contribution < 1.29 is 14.2 Å². The van der Waals surface area contributed by atoms with Crippen molar-refractivity contribution in [3.8, 4) is 22.9 Å². The lowest BCUT2D eigenvalue weighted by Crippen LogP contribution is -2.37. The quantitative estimate of drug-likeness (QED) is 0.256. The highest BCUT2D eigenvalue weighted by atomic mass is 32.2. The molecular weight excluding hydrogens is 475 g/mol. The Kier molecular flexibility index (Phi) is 5.86. The van der Waals surface area contributed by atoms with E-state index in [2.05, 4.69) is 16.8 Å². The highest BCUT2D eigenvalue weighted by Crippen LogP contribution is 2.44. The van der Waals surface area contributed by atoms with Crippen LogP contribution in [0.2, 0.25) is 0 Å². The highest BCUT2D eigenvalue weighted by Gasteiger charge is 2.35. The number of ether oxygens (including phenoxy) is 1. The maximum absolute atomic E-state index is 16.5. The molecule has 0 radical (unpaired) electrons. The lowest BCUT2D eigenvalue weighted by atomic mass is 9.94. The summed E-state index contributed by atoms with van der Waals surface area (Å²) in [7, 11) is 1.55. The number of thioether (sulfide) groups is 1. The summed E-state index contributed by atoms with van der Waals surface area (Å²) < 4.78 is 22.2. The lowest BCUT2D eigenvalue weighted by Gasteiger charge is -2.33. The van der Waals surface area contributed by atoms with Gasteiger partial charge in [-0.15, -0.1) is 0 Å². The molecule has 2 bridgehead atoms. The fraction of sp³-hybridized carbons (Fsp3) is 0.393. The molecule has 0 amide bonds. The van der Waals surface area contributed by atoms with Crippen LogP contribution in [0.5, 0.6) is 11.6 Å². The van der Waals surface area contributed by atoms with Crippen LogP contribution in [0.3, 0.4) is 0 Å². The van der Waals surface area contributed by atoms with E-state index in [4.69, 9.17) is 14.7 Å². The van der Waals surface area contributed by atoms with Gasteiger partial charge in [0, 0.05) is 18.7 Å². The summed E-state index contributed by atoms with van der Waals surface area (Å²) in [6.45, 7) is 3.87. The Morgan fingerprint density at radius 1 is 1.11 bits per heavy atom. The smallest absolute Gasteiger partial charge is 0.227 e. The summed E-state index contributed by atoms with van der Waals surface area (Å²) in [5.41, 5.74) is 1.91. The molecule has 6 nitrogen and oxygen atoms in total. The lowest BCUT2D eigenvalue weighted by molar-refractivity contribution is 0.400. The first-order valence-electron chi connectivity index (χ1n) is 12.5. The maximum atomic E-state index is 16.5. The number of aromatic nitrogens is 3. The molecule has 2 aliphatic rings. The number of piperidine rings is 1. The van der Waals surface area contributed by atoms with Crippen molar-refractivity contribution in [2.75, 3.05) is 31.4 Å². The van der Waals surface area contributed by atoms with Crippen molar-refractivity contribution in [2.24, 2.45) is 11.8 Å². The number of hydrogen-bond donors (Lipinski definition) is 1. The number of hydrogen-bond acceptors (Lipinski definition) is 7. The summed E-state index contributed by atoms with van der Waals surface area (Å²) in [6.07, 6.45) is 6.39. The molecular formula is C28H29FN4O2S. The van der Waals surface area contributed by atoms with Crippen molar-refractivity contribution >= 4 is 39.3 Å². The van der Waals surface area contributed by atoms with E-state index in [1.165, 1.54) is 31.0 Å². The van der Waals surface area contributed by atoms with Crippen LogP contribution in [-0.4, -0.2) is 46.5 Å². The highest BCUT2D eigenvalue weighted by molar-refractivity contribution is 7.98. The molecule has 0 spiro atoms. The number of pyridine rings is 1. The number of phenolic OH excluding ortho intramolecular Hbond substituents is 1. The minimum absolute atomic E-state index is 0.0583. The van der Waals surface area contributed by atoms with Gasteiger partial charge in [0.2, 0.25) is 5.88 Å². The Balaban J connectivity index is 1.64. The van der Waals surface area contributed by atoms with E-state index in [9.17, 15) is 5.11 Å². The van der Waals surface area contributed by atoms with Crippen LogP contribution in [0.4, 0.5) is 10.2 Å². The summed E-state index contributed by atoms with van der Waals surface area (Å²) in [5, 5.41) is 13.2. The van der Waals surface area contributed by atoms with E-state index in [1.807, 2.05) is 24.5 Å². The molecule has 36 heavy (non-hydrogen) atoms. The van der Waals surface area contributed by atoms with Gasteiger partial charge in [-0.2, -0.15) is 0 Å². The third-order valence-electron chi connectivity index (χ3n) is 7.68. The van der Waals surface area contributed by atoms with Crippen LogP contribution in [0.1, 0.15) is 31.7 Å². The number of anilines is 1. The van der Waals surface area contributed by atoms with Gasteiger partial charge in [0.05, 0.1) is 7.11 Å². The fourth-order valence-corrected chi connectivity index (χ4v) is 6.46. The third kappa shape index (κ3) is 3.74. The number of aromatic hydroxyl groups is 1. The number of methoxy groups -OCH3 is 1. The molecule has 8 heteroatoms. The topological polar surface area (TPSA) is 71.4 Å². The third-order valence-corrected chi connectivity index (χ3v) is 8.23. The Bertz CT molecular complexity index is 1480. The fourth-order valence-electron chi connectivity index (χ4n) is 6.10. The normalized spacial score (nSPS) is 19.4. The van der Waals surface area contributed by atoms with Crippen LogP contribution in [-0.2, 0) is 6.42 Å². The van der Waals surface area contributed by atoms with Gasteiger partial charge < -0.3 is 14.7 Å². The van der Waals surface area contributed by atoms with Gasteiger partial charge in [0.25, 0.3) is 0 Å². The largest absolute Gasteiger partial charge is 0.508 e. The monoisotopic (exact) mass is 504 g/mol. The Hall–Kier alpha value is -3.13. The van der Waals surface area contributed by atoms with Crippen molar-refractivity contribution in [3.05, 3.63) is 41.7 Å². The van der Waals surface area contributed by atoms with Gasteiger partial charge in [-0.1, -0.05) is 36.9 Å². The van der Waals surface area contributed by atoms with E-state index in [1.54, 1.807) is 19.2 Å². The molecule has 2 atom stereocenters. The predicted octanol–water partition coefficient (Wildman–Crippen LogP) is 6.22. The molecule has 2 aromatic heterocycles. The van der Waals surface area contributed by atoms with Crippen molar-refractivity contribution in [3.63, 3.8) is 0 Å². The first-order chi connectivity index (χ1) is 17.5. The van der Waals surface area contributed by atoms with Crippen LogP contribution in [0.25, 0.3) is 32.9 Å². The summed E-state index contributed by atoms with van der Waals surface area (Å²) in [5.74, 6) is 1.81. The number of rotatable bonds is 5. The van der Waals surface area contributed by atoms with Crippen molar-refractivity contribution in [2.45, 2.75) is 37.8 Å². The number of fused-ring (bicyclic) bond motifs is 4. The minimum atomic E-state index is -0.525. The van der Waals surface area contributed by atoms with E-state index >= 15 is 4.39 Å². The predicted molar refractivity (Wildman–Crippen MR) is 143 cm³/mol. The molecule has 1 aliphatic heterocycles. The standard InChI is InChI=1S/C28H29FN4O2S/c1-4-17-6-5-7-18-11-19(34)12-20(21(17)18)24-23(29)25-22(27(30-24)35-2)26(32-28(31-25)36-3)33-13-15-8-9-16(10-15)14-33/h5-7,11-12,15-16,34H,4,8-10,13-14H2,1-3H3. The van der Waals surface area contributed by atoms with Gasteiger partial charge in [0.1, 0.15) is 28.2 Å². The molecule has 2 aromatic carbocycles. The molecule has 2 fully saturated rings. The first kappa shape index (κ1) is 23.3. The van der Waals surface area contributed by atoms with Crippen molar-refractivity contribution in [1.82, 2.24) is 15.0 Å². The first-order valence-corrected chi connectivity index (χ1v) is 13.7. The maximum Gasteiger partial charge on any atom is 0.227 e. The second kappa shape index (κ2) is 9.07. The molecule has 6 rings (SSSR count). The molecule has 1 N–H and O–H groups in total. The zero-order valence-electron chi connectivity index (χ0n) is 20.7. The van der Waals surface area contributed by atoms with Crippen molar-refractivity contribution in [1.29, 1.82) is 0 Å². The average Bonchev–Trinajstić information content (AvgIpc) is 3.24. The van der Waals surface area contributed by atoms with Gasteiger partial charge in [-0.25, -0.2) is 19.3 Å². The van der Waals surface area contributed by atoms with E-state index in [0.717, 1.165) is 35.8 Å². The average molecular weight is 505 g/mol. The van der Waals surface area contributed by atoms with E-state index < -0.39 is 5.82 Å². The number of halogens is 1. The van der Waals surface area contributed by atoms with Gasteiger partial charge >= 0.3 is 0 Å². The van der Waals surface area contributed by atoms with Gasteiger partial charge in [0.15, 0.2) is 11.0 Å². The Morgan fingerprint density at radius 2 is 1.89 bits per heavy atom. The minimum Gasteiger partial charge on any atom is -0.508 e. The molecule has 186 valence electrons. The van der Waals surface area contributed by atoms with Gasteiger partial charge in [-0.3, -0.25) is 0 Å². The Labute approximate surface area is 213 Å². The van der Waals surface area contributed by atoms with Gasteiger partial charge in [-0.05, 0) is 72.2 Å². The zero-order valence-corrected chi connectivity index (χ0v) is 21.5.